The van der Waals surface area contributed by atoms with Crippen molar-refractivity contribution in [2.75, 3.05) is 0 Å². The fourth-order valence-electron chi connectivity index (χ4n) is 2.10. The molecule has 1 unspecified atom stereocenters. The number of H-pyrrole nitrogens is 2. The van der Waals surface area contributed by atoms with E-state index in [9.17, 15) is 9.18 Å². The topological polar surface area (TPSA) is 48.6 Å². The fraction of sp³-hybridized carbons (Fsp3) is 0.0714. The van der Waals surface area contributed by atoms with Crippen molar-refractivity contribution in [2.24, 2.45) is 0 Å². The second kappa shape index (κ2) is 5.07. The summed E-state index contributed by atoms with van der Waals surface area (Å²) >= 11 is 9.78. The van der Waals surface area contributed by atoms with Crippen molar-refractivity contribution in [3.63, 3.8) is 0 Å². The highest BCUT2D eigenvalue weighted by atomic mass is 79.9. The van der Waals surface area contributed by atoms with Crippen molar-refractivity contribution in [1.29, 1.82) is 0 Å². The molecule has 6 heteroatoms. The molecule has 0 saturated heterocycles. The number of benzene rings is 2. The number of fused-ring (bicyclic) bond motifs is 1. The number of hydrogen-bond acceptors (Lipinski definition) is 1. The van der Waals surface area contributed by atoms with Crippen LogP contribution in [-0.4, -0.2) is 9.97 Å². The highest BCUT2D eigenvalue weighted by Crippen LogP contribution is 2.34. The van der Waals surface area contributed by atoms with Gasteiger partial charge in [-0.1, -0.05) is 22.0 Å². The van der Waals surface area contributed by atoms with Crippen LogP contribution in [0, 0.1) is 5.82 Å². The van der Waals surface area contributed by atoms with Crippen molar-refractivity contribution in [3.8, 4) is 0 Å². The molecule has 0 aliphatic carbocycles. The van der Waals surface area contributed by atoms with Gasteiger partial charge in [-0.15, -0.1) is 11.6 Å². The van der Waals surface area contributed by atoms with Crippen LogP contribution in [0.2, 0.25) is 0 Å². The van der Waals surface area contributed by atoms with Gasteiger partial charge in [0.25, 0.3) is 0 Å². The Morgan fingerprint density at radius 1 is 1.10 bits per heavy atom. The highest BCUT2D eigenvalue weighted by Gasteiger charge is 2.15. The molecule has 3 rings (SSSR count). The van der Waals surface area contributed by atoms with E-state index in [0.29, 0.717) is 16.6 Å². The van der Waals surface area contributed by atoms with E-state index < -0.39 is 5.38 Å². The third-order valence-electron chi connectivity index (χ3n) is 3.06. The normalized spacial score (nSPS) is 12.8. The predicted octanol–water partition coefficient (Wildman–Crippen LogP) is 4.09. The molecule has 0 fully saturated rings. The number of alkyl halides is 1. The molecule has 20 heavy (non-hydrogen) atoms. The van der Waals surface area contributed by atoms with Gasteiger partial charge in [-0.2, -0.15) is 0 Å². The van der Waals surface area contributed by atoms with Gasteiger partial charge in [0, 0.05) is 4.47 Å². The number of hydrogen-bond donors (Lipinski definition) is 2. The summed E-state index contributed by atoms with van der Waals surface area (Å²) in [6.45, 7) is 0. The van der Waals surface area contributed by atoms with Crippen LogP contribution in [0.4, 0.5) is 4.39 Å². The van der Waals surface area contributed by atoms with E-state index in [1.165, 1.54) is 12.1 Å². The van der Waals surface area contributed by atoms with Gasteiger partial charge in [-0.05, 0) is 41.5 Å². The minimum Gasteiger partial charge on any atom is -0.306 e. The summed E-state index contributed by atoms with van der Waals surface area (Å²) in [5, 5.41) is -0.511. The number of aromatic nitrogens is 2. The Morgan fingerprint density at radius 3 is 2.65 bits per heavy atom. The van der Waals surface area contributed by atoms with Gasteiger partial charge in [0.05, 0.1) is 16.4 Å². The summed E-state index contributed by atoms with van der Waals surface area (Å²) in [6.07, 6.45) is 0. The first-order chi connectivity index (χ1) is 9.54. The Bertz CT molecular complexity index is 843. The van der Waals surface area contributed by atoms with Crippen LogP contribution in [-0.2, 0) is 0 Å². The van der Waals surface area contributed by atoms with E-state index in [0.717, 1.165) is 10.0 Å². The molecule has 3 aromatic rings. The molecule has 0 amide bonds. The van der Waals surface area contributed by atoms with Crippen LogP contribution in [0.5, 0.6) is 0 Å². The molecular formula is C14H9BrClFN2O. The lowest BCUT2D eigenvalue weighted by Gasteiger charge is -2.12. The first kappa shape index (κ1) is 13.4. The van der Waals surface area contributed by atoms with Crippen molar-refractivity contribution in [2.45, 2.75) is 5.38 Å². The van der Waals surface area contributed by atoms with Gasteiger partial charge in [0.1, 0.15) is 5.82 Å². The fourth-order valence-corrected chi connectivity index (χ4v) is 3.02. The Morgan fingerprint density at radius 2 is 1.85 bits per heavy atom. The van der Waals surface area contributed by atoms with Crippen molar-refractivity contribution >= 4 is 38.6 Å². The molecule has 3 nitrogen and oxygen atoms in total. The van der Waals surface area contributed by atoms with Crippen LogP contribution >= 0.6 is 27.5 Å². The van der Waals surface area contributed by atoms with Crippen LogP contribution in [0.25, 0.3) is 11.0 Å². The van der Waals surface area contributed by atoms with Gasteiger partial charge < -0.3 is 9.97 Å². The number of halogens is 3. The maximum atomic E-state index is 13.3. The lowest BCUT2D eigenvalue weighted by molar-refractivity contribution is 0.625. The standard InChI is InChI=1S/C14H9BrClFN2O/c15-10-3-2-8(17)6-9(10)13(16)7-1-4-11-12(5-7)19-14(20)18-11/h1-6,13H,(H2,18,19,20). The molecule has 2 N–H and O–H groups in total. The van der Waals surface area contributed by atoms with Gasteiger partial charge in [-0.3, -0.25) is 0 Å². The van der Waals surface area contributed by atoms with Gasteiger partial charge in [-0.25, -0.2) is 9.18 Å². The molecule has 0 aliphatic heterocycles. The molecule has 0 saturated carbocycles. The molecule has 102 valence electrons. The van der Waals surface area contributed by atoms with E-state index >= 15 is 0 Å². The molecule has 0 radical (unpaired) electrons. The largest absolute Gasteiger partial charge is 0.323 e. The minimum absolute atomic E-state index is 0.268. The second-order valence-electron chi connectivity index (χ2n) is 4.41. The lowest BCUT2D eigenvalue weighted by Crippen LogP contribution is -1.99. The Hall–Kier alpha value is -1.59. The number of nitrogens with one attached hydrogen (secondary N) is 2. The minimum atomic E-state index is -0.511. The first-order valence-electron chi connectivity index (χ1n) is 5.85. The summed E-state index contributed by atoms with van der Waals surface area (Å²) < 4.78 is 14.1. The number of imidazole rings is 1. The molecular weight excluding hydrogens is 347 g/mol. The van der Waals surface area contributed by atoms with Crippen molar-refractivity contribution in [1.82, 2.24) is 9.97 Å². The Balaban J connectivity index is 2.09. The van der Waals surface area contributed by atoms with Gasteiger partial charge >= 0.3 is 5.69 Å². The average molecular weight is 356 g/mol. The molecule has 2 aromatic carbocycles. The predicted molar refractivity (Wildman–Crippen MR) is 80.7 cm³/mol. The molecule has 0 spiro atoms. The van der Waals surface area contributed by atoms with E-state index in [1.54, 1.807) is 24.3 Å². The zero-order valence-corrected chi connectivity index (χ0v) is 12.4. The molecule has 0 aliphatic rings. The lowest BCUT2D eigenvalue weighted by atomic mass is 10.0. The van der Waals surface area contributed by atoms with Crippen LogP contribution in [0.1, 0.15) is 16.5 Å². The van der Waals surface area contributed by atoms with E-state index in [-0.39, 0.29) is 11.5 Å². The van der Waals surface area contributed by atoms with Crippen LogP contribution in [0.3, 0.4) is 0 Å². The maximum Gasteiger partial charge on any atom is 0.323 e. The zero-order chi connectivity index (χ0) is 14.3. The number of rotatable bonds is 2. The second-order valence-corrected chi connectivity index (χ2v) is 5.70. The Kier molecular flexibility index (Phi) is 3.40. The SMILES string of the molecule is O=c1[nH]c2ccc(C(Cl)c3cc(F)ccc3Br)cc2[nH]1. The Labute approximate surface area is 126 Å². The highest BCUT2D eigenvalue weighted by molar-refractivity contribution is 9.10. The van der Waals surface area contributed by atoms with Crippen LogP contribution in [0.15, 0.2) is 45.7 Å². The zero-order valence-electron chi connectivity index (χ0n) is 10.1. The summed E-state index contributed by atoms with van der Waals surface area (Å²) in [6, 6.07) is 9.74. The third-order valence-corrected chi connectivity index (χ3v) is 4.27. The maximum absolute atomic E-state index is 13.3. The summed E-state index contributed by atoms with van der Waals surface area (Å²) in [5.41, 5.74) is 2.53. The van der Waals surface area contributed by atoms with E-state index in [1.807, 2.05) is 0 Å². The molecule has 1 heterocycles. The quantitative estimate of drug-likeness (QED) is 0.668. The van der Waals surface area contributed by atoms with E-state index in [2.05, 4.69) is 25.9 Å². The summed E-state index contributed by atoms with van der Waals surface area (Å²) in [5.74, 6) is -0.343. The summed E-state index contributed by atoms with van der Waals surface area (Å²) in [7, 11) is 0. The smallest absolute Gasteiger partial charge is 0.306 e. The van der Waals surface area contributed by atoms with Crippen LogP contribution < -0.4 is 5.69 Å². The average Bonchev–Trinajstić information content (AvgIpc) is 2.79. The number of aromatic amines is 2. The van der Waals surface area contributed by atoms with Gasteiger partial charge in [0.15, 0.2) is 0 Å². The van der Waals surface area contributed by atoms with Crippen molar-refractivity contribution < 1.29 is 4.39 Å². The monoisotopic (exact) mass is 354 g/mol. The molecule has 0 bridgehead atoms. The molecule has 1 atom stereocenters. The third kappa shape index (κ3) is 2.39. The first-order valence-corrected chi connectivity index (χ1v) is 7.08. The van der Waals surface area contributed by atoms with E-state index in [4.69, 9.17) is 11.6 Å². The van der Waals surface area contributed by atoms with Gasteiger partial charge in [0.2, 0.25) is 0 Å². The molecule has 1 aromatic heterocycles. The van der Waals surface area contributed by atoms with Crippen molar-refractivity contribution in [3.05, 3.63) is 68.3 Å². The summed E-state index contributed by atoms with van der Waals surface area (Å²) in [4.78, 5) is 16.6.